The van der Waals surface area contributed by atoms with Gasteiger partial charge in [0.05, 0.1) is 0 Å². The van der Waals surface area contributed by atoms with E-state index in [-0.39, 0.29) is 5.54 Å². The average molecular weight is 222 g/mol. The molecule has 1 aromatic heterocycles. The highest BCUT2D eigenvalue weighted by Crippen LogP contribution is 2.20. The Morgan fingerprint density at radius 1 is 1.25 bits per heavy atom. The van der Waals surface area contributed by atoms with E-state index in [1.807, 2.05) is 19.9 Å². The van der Waals surface area contributed by atoms with Crippen molar-refractivity contribution in [2.45, 2.75) is 45.8 Å². The highest BCUT2D eigenvalue weighted by molar-refractivity contribution is 5.22. The van der Waals surface area contributed by atoms with E-state index < -0.39 is 5.60 Å². The molecule has 1 unspecified atom stereocenters. The summed E-state index contributed by atoms with van der Waals surface area (Å²) in [7, 11) is 0. The normalized spacial score (nSPS) is 15.9. The van der Waals surface area contributed by atoms with Gasteiger partial charge in [-0.1, -0.05) is 6.07 Å². The molecule has 0 saturated heterocycles. The van der Waals surface area contributed by atoms with Crippen LogP contribution in [0.3, 0.4) is 0 Å². The third kappa shape index (κ3) is 3.91. The third-order valence-corrected chi connectivity index (χ3v) is 2.46. The quantitative estimate of drug-likeness (QED) is 0.822. The Kier molecular flexibility index (Phi) is 3.71. The molecule has 3 nitrogen and oxygen atoms in total. The summed E-state index contributed by atoms with van der Waals surface area (Å²) in [5, 5.41) is 13.7. The van der Waals surface area contributed by atoms with Crippen LogP contribution in [0.1, 0.15) is 38.8 Å². The number of pyridine rings is 1. The zero-order valence-electron chi connectivity index (χ0n) is 10.8. The number of hydrogen-bond acceptors (Lipinski definition) is 3. The van der Waals surface area contributed by atoms with Gasteiger partial charge >= 0.3 is 0 Å². The lowest BCUT2D eigenvalue weighted by Crippen LogP contribution is -2.44. The van der Waals surface area contributed by atoms with E-state index in [2.05, 4.69) is 31.1 Å². The minimum absolute atomic E-state index is 0.00123. The van der Waals surface area contributed by atoms with E-state index in [0.717, 1.165) is 11.1 Å². The minimum atomic E-state index is -0.883. The molecular formula is C13H22N2O. The molecule has 3 heteroatoms. The Morgan fingerprint density at radius 2 is 1.88 bits per heavy atom. The molecule has 0 amide bonds. The molecular weight excluding hydrogens is 200 g/mol. The topological polar surface area (TPSA) is 45.2 Å². The van der Waals surface area contributed by atoms with Crippen LogP contribution in [-0.2, 0) is 5.60 Å². The van der Waals surface area contributed by atoms with Crippen molar-refractivity contribution in [3.63, 3.8) is 0 Å². The highest BCUT2D eigenvalue weighted by atomic mass is 16.3. The van der Waals surface area contributed by atoms with Crippen LogP contribution in [0.2, 0.25) is 0 Å². The number of β-amino-alcohol motifs (C(OH)–C–C–N with tert-alkyl or cyclic N) is 1. The molecule has 2 N–H and O–H groups in total. The maximum absolute atomic E-state index is 10.4. The summed E-state index contributed by atoms with van der Waals surface area (Å²) in [5.74, 6) is 0. The van der Waals surface area contributed by atoms with Crippen molar-refractivity contribution in [1.29, 1.82) is 0 Å². The summed E-state index contributed by atoms with van der Waals surface area (Å²) >= 11 is 0. The summed E-state index contributed by atoms with van der Waals surface area (Å²) in [6.45, 7) is 10.5. The number of hydrogen-bond donors (Lipinski definition) is 2. The van der Waals surface area contributed by atoms with Crippen molar-refractivity contribution in [2.24, 2.45) is 0 Å². The fourth-order valence-electron chi connectivity index (χ4n) is 1.39. The molecule has 1 heterocycles. The van der Waals surface area contributed by atoms with Gasteiger partial charge in [-0.3, -0.25) is 4.98 Å². The summed E-state index contributed by atoms with van der Waals surface area (Å²) in [4.78, 5) is 4.11. The predicted octanol–water partition coefficient (Wildman–Crippen LogP) is 1.99. The number of rotatable bonds is 3. The van der Waals surface area contributed by atoms with Crippen molar-refractivity contribution < 1.29 is 5.11 Å². The first kappa shape index (κ1) is 13.1. The lowest BCUT2D eigenvalue weighted by Gasteiger charge is -2.29. The van der Waals surface area contributed by atoms with Crippen LogP contribution in [0.5, 0.6) is 0 Å². The lowest BCUT2D eigenvalue weighted by molar-refractivity contribution is 0.0498. The molecule has 1 atom stereocenters. The SMILES string of the molecule is Cc1cncc(C(C)(O)CNC(C)(C)C)c1. The molecule has 90 valence electrons. The monoisotopic (exact) mass is 222 g/mol. The molecule has 0 aliphatic carbocycles. The third-order valence-electron chi connectivity index (χ3n) is 2.46. The largest absolute Gasteiger partial charge is 0.384 e. The molecule has 0 radical (unpaired) electrons. The zero-order chi connectivity index (χ0) is 12.4. The van der Waals surface area contributed by atoms with Crippen molar-refractivity contribution in [3.8, 4) is 0 Å². The molecule has 16 heavy (non-hydrogen) atoms. The van der Waals surface area contributed by atoms with Gasteiger partial charge in [-0.15, -0.1) is 0 Å². The van der Waals surface area contributed by atoms with Gasteiger partial charge < -0.3 is 10.4 Å². The Bertz CT molecular complexity index is 353. The van der Waals surface area contributed by atoms with E-state index in [1.165, 1.54) is 0 Å². The van der Waals surface area contributed by atoms with Crippen molar-refractivity contribution in [2.75, 3.05) is 6.54 Å². The fraction of sp³-hybridized carbons (Fsp3) is 0.615. The van der Waals surface area contributed by atoms with Crippen LogP contribution in [0.15, 0.2) is 18.5 Å². The lowest BCUT2D eigenvalue weighted by atomic mass is 9.95. The highest BCUT2D eigenvalue weighted by Gasteiger charge is 2.25. The molecule has 1 aromatic rings. The fourth-order valence-corrected chi connectivity index (χ4v) is 1.39. The Morgan fingerprint density at radius 3 is 2.38 bits per heavy atom. The second-order valence-electron chi connectivity index (χ2n) is 5.63. The van der Waals surface area contributed by atoms with Gasteiger partial charge in [-0.25, -0.2) is 0 Å². The van der Waals surface area contributed by atoms with Gasteiger partial charge in [-0.2, -0.15) is 0 Å². The van der Waals surface area contributed by atoms with Gasteiger partial charge in [0.2, 0.25) is 0 Å². The minimum Gasteiger partial charge on any atom is -0.384 e. The van der Waals surface area contributed by atoms with E-state index in [0.29, 0.717) is 6.54 Å². The molecule has 0 fully saturated rings. The average Bonchev–Trinajstić information content (AvgIpc) is 2.14. The first-order valence-corrected chi connectivity index (χ1v) is 5.60. The predicted molar refractivity (Wildman–Crippen MR) is 66.3 cm³/mol. The Hall–Kier alpha value is -0.930. The first-order valence-electron chi connectivity index (χ1n) is 5.60. The van der Waals surface area contributed by atoms with Crippen LogP contribution in [0, 0.1) is 6.92 Å². The van der Waals surface area contributed by atoms with Gasteiger partial charge in [0, 0.05) is 30.0 Å². The van der Waals surface area contributed by atoms with Gasteiger partial charge in [0.1, 0.15) is 5.60 Å². The number of aromatic nitrogens is 1. The van der Waals surface area contributed by atoms with Gasteiger partial charge in [-0.05, 0) is 40.2 Å². The molecule has 0 bridgehead atoms. The van der Waals surface area contributed by atoms with Crippen LogP contribution in [0.4, 0.5) is 0 Å². The molecule has 1 rings (SSSR count). The second-order valence-corrected chi connectivity index (χ2v) is 5.63. The van der Waals surface area contributed by atoms with Gasteiger partial charge in [0.15, 0.2) is 0 Å². The van der Waals surface area contributed by atoms with Crippen LogP contribution in [0.25, 0.3) is 0 Å². The van der Waals surface area contributed by atoms with E-state index in [4.69, 9.17) is 0 Å². The molecule has 0 aliphatic heterocycles. The van der Waals surface area contributed by atoms with Gasteiger partial charge in [0.25, 0.3) is 0 Å². The Balaban J connectivity index is 2.77. The molecule has 0 saturated carbocycles. The maximum Gasteiger partial charge on any atom is 0.101 e. The molecule has 0 aromatic carbocycles. The van der Waals surface area contributed by atoms with Crippen molar-refractivity contribution >= 4 is 0 Å². The van der Waals surface area contributed by atoms with Crippen molar-refractivity contribution in [1.82, 2.24) is 10.3 Å². The Labute approximate surface area is 97.9 Å². The molecule has 0 aliphatic rings. The van der Waals surface area contributed by atoms with E-state index in [1.54, 1.807) is 12.4 Å². The summed E-state index contributed by atoms with van der Waals surface area (Å²) in [6, 6.07) is 1.97. The standard InChI is InChI=1S/C13H22N2O/c1-10-6-11(8-14-7-10)13(5,16)9-15-12(2,3)4/h6-8,15-16H,9H2,1-5H3. The van der Waals surface area contributed by atoms with E-state index >= 15 is 0 Å². The number of nitrogens with one attached hydrogen (secondary N) is 1. The van der Waals surface area contributed by atoms with E-state index in [9.17, 15) is 5.11 Å². The molecule has 0 spiro atoms. The first-order chi connectivity index (χ1) is 7.21. The summed E-state index contributed by atoms with van der Waals surface area (Å²) in [6.07, 6.45) is 3.51. The number of aliphatic hydroxyl groups is 1. The second kappa shape index (κ2) is 4.52. The smallest absolute Gasteiger partial charge is 0.101 e. The maximum atomic E-state index is 10.4. The van der Waals surface area contributed by atoms with Crippen LogP contribution in [-0.4, -0.2) is 22.2 Å². The zero-order valence-corrected chi connectivity index (χ0v) is 10.8. The summed E-state index contributed by atoms with van der Waals surface area (Å²) < 4.78 is 0. The van der Waals surface area contributed by atoms with Crippen molar-refractivity contribution in [3.05, 3.63) is 29.6 Å². The summed E-state index contributed by atoms with van der Waals surface area (Å²) in [5.41, 5.74) is 1.03. The number of aryl methyl sites for hydroxylation is 1. The van der Waals surface area contributed by atoms with Crippen LogP contribution >= 0.6 is 0 Å². The van der Waals surface area contributed by atoms with Crippen LogP contribution < -0.4 is 5.32 Å². The number of nitrogens with zero attached hydrogens (tertiary/aromatic N) is 1.